The van der Waals surface area contributed by atoms with Gasteiger partial charge in [0, 0.05) is 18.5 Å². The summed E-state index contributed by atoms with van der Waals surface area (Å²) in [5, 5.41) is 9.10. The molecule has 0 N–H and O–H groups in total. The Balaban J connectivity index is 2.32. The highest BCUT2D eigenvalue weighted by Gasteiger charge is 2.15. The Bertz CT molecular complexity index is 785. The van der Waals surface area contributed by atoms with Gasteiger partial charge in [-0.2, -0.15) is 5.26 Å². The van der Waals surface area contributed by atoms with Gasteiger partial charge in [0.15, 0.2) is 0 Å². The average Bonchev–Trinajstić information content (AvgIpc) is 2.81. The highest BCUT2D eigenvalue weighted by molar-refractivity contribution is 7.18. The first-order valence-corrected chi connectivity index (χ1v) is 7.34. The number of thiophene rings is 1. The van der Waals surface area contributed by atoms with Crippen LogP contribution in [0.15, 0.2) is 10.9 Å². The lowest BCUT2D eigenvalue weighted by atomic mass is 10.3. The minimum absolute atomic E-state index is 0.0512. The number of aryl methyl sites for hydroxylation is 2. The molecule has 0 atom stereocenters. The van der Waals surface area contributed by atoms with E-state index in [4.69, 9.17) is 5.26 Å². The first-order valence-electron chi connectivity index (χ1n) is 6.52. The quantitative estimate of drug-likeness (QED) is 0.856. The summed E-state index contributed by atoms with van der Waals surface area (Å²) in [5.74, 6) is 0.319. The fourth-order valence-electron chi connectivity index (χ4n) is 2.02. The minimum atomic E-state index is -0.205. The van der Waals surface area contributed by atoms with Crippen molar-refractivity contribution in [1.82, 2.24) is 14.5 Å². The van der Waals surface area contributed by atoms with Crippen LogP contribution in [0.5, 0.6) is 0 Å². The molecule has 0 aliphatic heterocycles. The van der Waals surface area contributed by atoms with E-state index >= 15 is 0 Å². The van der Waals surface area contributed by atoms with Crippen LogP contribution in [-0.2, 0) is 11.3 Å². The van der Waals surface area contributed by atoms with Crippen LogP contribution in [0.25, 0.3) is 10.2 Å². The zero-order valence-corrected chi connectivity index (χ0v) is 13.0. The van der Waals surface area contributed by atoms with Crippen LogP contribution in [0.1, 0.15) is 17.1 Å². The van der Waals surface area contributed by atoms with E-state index in [1.807, 2.05) is 13.0 Å². The summed E-state index contributed by atoms with van der Waals surface area (Å²) >= 11 is 1.47. The number of rotatable bonds is 4. The minimum Gasteiger partial charge on any atom is -0.343 e. The number of fused-ring (bicyclic) bond motifs is 1. The molecule has 6 nitrogen and oxygen atoms in total. The van der Waals surface area contributed by atoms with E-state index in [2.05, 4.69) is 4.98 Å². The van der Waals surface area contributed by atoms with Crippen LogP contribution in [0.3, 0.4) is 0 Å². The molecule has 0 bridgehead atoms. The van der Waals surface area contributed by atoms with Crippen LogP contribution in [0.2, 0.25) is 0 Å². The topological polar surface area (TPSA) is 79.0 Å². The Labute approximate surface area is 126 Å². The first kappa shape index (κ1) is 15.2. The lowest BCUT2D eigenvalue weighted by Crippen LogP contribution is -2.35. The van der Waals surface area contributed by atoms with Crippen molar-refractivity contribution in [2.45, 2.75) is 26.8 Å². The van der Waals surface area contributed by atoms with Crippen molar-refractivity contribution in [3.63, 3.8) is 0 Å². The maximum Gasteiger partial charge on any atom is 0.262 e. The van der Waals surface area contributed by atoms with Crippen molar-refractivity contribution in [3.05, 3.63) is 27.1 Å². The van der Waals surface area contributed by atoms with Gasteiger partial charge in [-0.15, -0.1) is 11.3 Å². The molecule has 1 amide bonds. The summed E-state index contributed by atoms with van der Waals surface area (Å²) in [7, 11) is 1.63. The van der Waals surface area contributed by atoms with Crippen LogP contribution in [0.4, 0.5) is 0 Å². The molecule has 0 saturated heterocycles. The zero-order valence-electron chi connectivity index (χ0n) is 12.2. The standard InChI is InChI=1S/C14H16N4O2S/c1-9-7-11-13(21-9)16-10(2)18(14(11)20)8-12(19)17(3)6-4-5-15/h7H,4,6,8H2,1-3H3. The Morgan fingerprint density at radius 1 is 1.52 bits per heavy atom. The van der Waals surface area contributed by atoms with E-state index in [1.165, 1.54) is 20.8 Å². The number of carbonyl (C=O) groups is 1. The normalized spacial score (nSPS) is 10.6. The van der Waals surface area contributed by atoms with E-state index in [1.54, 1.807) is 20.0 Å². The largest absolute Gasteiger partial charge is 0.343 e. The fourth-order valence-corrected chi connectivity index (χ4v) is 2.94. The van der Waals surface area contributed by atoms with Crippen LogP contribution < -0.4 is 5.56 Å². The lowest BCUT2D eigenvalue weighted by molar-refractivity contribution is -0.130. The van der Waals surface area contributed by atoms with Crippen LogP contribution in [0, 0.1) is 25.2 Å². The van der Waals surface area contributed by atoms with Gasteiger partial charge < -0.3 is 4.90 Å². The molecular weight excluding hydrogens is 288 g/mol. The third-order valence-electron chi connectivity index (χ3n) is 3.24. The van der Waals surface area contributed by atoms with E-state index in [-0.39, 0.29) is 24.4 Å². The smallest absolute Gasteiger partial charge is 0.262 e. The molecule has 0 spiro atoms. The number of hydrogen-bond acceptors (Lipinski definition) is 5. The number of nitrogens with zero attached hydrogens (tertiary/aromatic N) is 4. The number of nitriles is 1. The molecule has 0 aromatic carbocycles. The second kappa shape index (κ2) is 6.06. The molecule has 0 aliphatic rings. The van der Waals surface area contributed by atoms with Crippen molar-refractivity contribution in [2.24, 2.45) is 0 Å². The van der Waals surface area contributed by atoms with Crippen LogP contribution in [-0.4, -0.2) is 34.0 Å². The third kappa shape index (κ3) is 3.11. The predicted molar refractivity (Wildman–Crippen MR) is 81.2 cm³/mol. The van der Waals surface area contributed by atoms with Crippen molar-refractivity contribution >= 4 is 27.5 Å². The molecule has 110 valence electrons. The molecule has 0 saturated carbocycles. The number of aromatic nitrogens is 2. The fraction of sp³-hybridized carbons (Fsp3) is 0.429. The lowest BCUT2D eigenvalue weighted by Gasteiger charge is -2.17. The molecule has 0 radical (unpaired) electrons. The maximum atomic E-state index is 12.4. The Morgan fingerprint density at radius 3 is 2.90 bits per heavy atom. The van der Waals surface area contributed by atoms with Gasteiger partial charge in [0.2, 0.25) is 5.91 Å². The third-order valence-corrected chi connectivity index (χ3v) is 4.19. The Morgan fingerprint density at radius 2 is 2.24 bits per heavy atom. The molecular formula is C14H16N4O2S. The van der Waals surface area contributed by atoms with Gasteiger partial charge in [0.05, 0.1) is 17.9 Å². The monoisotopic (exact) mass is 304 g/mol. The van der Waals surface area contributed by atoms with E-state index < -0.39 is 0 Å². The van der Waals surface area contributed by atoms with Gasteiger partial charge in [-0.3, -0.25) is 14.2 Å². The molecule has 2 rings (SSSR count). The summed E-state index contributed by atoms with van der Waals surface area (Å²) in [6.45, 7) is 3.95. The number of likely N-dealkylation sites (N-methyl/N-ethyl adjacent to an activating group) is 1. The van der Waals surface area contributed by atoms with Gasteiger partial charge >= 0.3 is 0 Å². The molecule has 0 aliphatic carbocycles. The molecule has 7 heteroatoms. The molecule has 0 unspecified atom stereocenters. The summed E-state index contributed by atoms with van der Waals surface area (Å²) in [6.07, 6.45) is 0.275. The van der Waals surface area contributed by atoms with E-state index in [9.17, 15) is 9.59 Å². The van der Waals surface area contributed by atoms with E-state index in [0.717, 1.165) is 4.88 Å². The predicted octanol–water partition coefficient (Wildman–Crippen LogP) is 1.45. The summed E-state index contributed by atoms with van der Waals surface area (Å²) in [4.78, 5) is 32.1. The number of carbonyl (C=O) groups excluding carboxylic acids is 1. The Kier molecular flexibility index (Phi) is 4.38. The average molecular weight is 304 g/mol. The second-order valence-corrected chi connectivity index (χ2v) is 6.08. The highest BCUT2D eigenvalue weighted by atomic mass is 32.1. The Hall–Kier alpha value is -2.20. The van der Waals surface area contributed by atoms with Crippen molar-refractivity contribution in [1.29, 1.82) is 5.26 Å². The van der Waals surface area contributed by atoms with Gasteiger partial charge in [-0.1, -0.05) is 0 Å². The van der Waals surface area contributed by atoms with Crippen molar-refractivity contribution in [2.75, 3.05) is 13.6 Å². The summed E-state index contributed by atoms with van der Waals surface area (Å²) in [5.41, 5.74) is -0.191. The summed E-state index contributed by atoms with van der Waals surface area (Å²) in [6, 6.07) is 3.79. The molecule has 0 fully saturated rings. The zero-order chi connectivity index (χ0) is 15.6. The summed E-state index contributed by atoms with van der Waals surface area (Å²) < 4.78 is 1.39. The SMILES string of the molecule is Cc1cc2c(=O)n(CC(=O)N(C)CCC#N)c(C)nc2s1. The van der Waals surface area contributed by atoms with Crippen LogP contribution >= 0.6 is 11.3 Å². The van der Waals surface area contributed by atoms with E-state index in [0.29, 0.717) is 22.6 Å². The van der Waals surface area contributed by atoms with Gasteiger partial charge in [-0.25, -0.2) is 4.98 Å². The van der Waals surface area contributed by atoms with Gasteiger partial charge in [-0.05, 0) is 19.9 Å². The highest BCUT2D eigenvalue weighted by Crippen LogP contribution is 2.20. The van der Waals surface area contributed by atoms with Gasteiger partial charge in [0.25, 0.3) is 5.56 Å². The molecule has 2 aromatic rings. The van der Waals surface area contributed by atoms with Gasteiger partial charge in [0.1, 0.15) is 17.2 Å². The molecule has 2 aromatic heterocycles. The maximum absolute atomic E-state index is 12.4. The van der Waals surface area contributed by atoms with Crippen molar-refractivity contribution < 1.29 is 4.79 Å². The molecule has 21 heavy (non-hydrogen) atoms. The second-order valence-electron chi connectivity index (χ2n) is 4.85. The number of amides is 1. The van der Waals surface area contributed by atoms with Crippen molar-refractivity contribution in [3.8, 4) is 6.07 Å². The first-order chi connectivity index (χ1) is 9.93. The molecule has 2 heterocycles. The number of hydrogen-bond donors (Lipinski definition) is 0.